The quantitative estimate of drug-likeness (QED) is 0.762. The highest BCUT2D eigenvalue weighted by molar-refractivity contribution is 5.38. The molecule has 1 aliphatic carbocycles. The van der Waals surface area contributed by atoms with Gasteiger partial charge >= 0.3 is 0 Å². The van der Waals surface area contributed by atoms with Crippen LogP contribution in [0.1, 0.15) is 49.8 Å². The van der Waals surface area contributed by atoms with E-state index in [9.17, 15) is 5.11 Å². The Hall–Kier alpha value is -1.02. The maximum atomic E-state index is 9.55. The number of fused-ring (bicyclic) bond motifs is 1. The van der Waals surface area contributed by atoms with Gasteiger partial charge in [-0.05, 0) is 55.5 Å². The molecule has 1 aromatic rings. The second kappa shape index (κ2) is 5.35. The lowest BCUT2D eigenvalue weighted by Gasteiger charge is -2.26. The Labute approximate surface area is 97.7 Å². The number of aromatic hydroxyl groups is 1. The van der Waals surface area contributed by atoms with Gasteiger partial charge in [0.2, 0.25) is 0 Å². The Balaban J connectivity index is 2.09. The molecule has 0 radical (unpaired) electrons. The lowest BCUT2D eigenvalue weighted by Crippen LogP contribution is -2.26. The van der Waals surface area contributed by atoms with Crippen LogP contribution in [0.3, 0.4) is 0 Å². The molecule has 2 rings (SSSR count). The third-order valence-corrected chi connectivity index (χ3v) is 3.36. The fraction of sp³-hybridized carbons (Fsp3) is 0.571. The van der Waals surface area contributed by atoms with Crippen molar-refractivity contribution in [3.05, 3.63) is 29.3 Å². The van der Waals surface area contributed by atoms with Crippen LogP contribution in [0.15, 0.2) is 18.2 Å². The van der Waals surface area contributed by atoms with Crippen LogP contribution in [0.5, 0.6) is 5.75 Å². The highest BCUT2D eigenvalue weighted by atomic mass is 16.3. The van der Waals surface area contributed by atoms with Crippen molar-refractivity contribution in [1.29, 1.82) is 0 Å². The van der Waals surface area contributed by atoms with Gasteiger partial charge in [-0.25, -0.2) is 0 Å². The van der Waals surface area contributed by atoms with Crippen molar-refractivity contribution in [2.75, 3.05) is 6.54 Å². The van der Waals surface area contributed by atoms with Gasteiger partial charge in [-0.15, -0.1) is 0 Å². The molecule has 0 spiro atoms. The van der Waals surface area contributed by atoms with Gasteiger partial charge in [0.25, 0.3) is 0 Å². The van der Waals surface area contributed by atoms with Gasteiger partial charge in [-0.1, -0.05) is 19.4 Å². The van der Waals surface area contributed by atoms with E-state index >= 15 is 0 Å². The molecule has 1 atom stereocenters. The Bertz CT molecular complexity index is 349. The van der Waals surface area contributed by atoms with Crippen molar-refractivity contribution in [2.24, 2.45) is 0 Å². The van der Waals surface area contributed by atoms with E-state index in [2.05, 4.69) is 18.3 Å². The predicted octanol–water partition coefficient (Wildman–Crippen LogP) is 3.16. The molecular formula is C14H21NO. The van der Waals surface area contributed by atoms with E-state index in [4.69, 9.17) is 0 Å². The van der Waals surface area contributed by atoms with Crippen LogP contribution >= 0.6 is 0 Å². The number of aryl methyl sites for hydroxylation is 1. The number of rotatable bonds is 4. The molecular weight excluding hydrogens is 198 g/mol. The molecule has 1 unspecified atom stereocenters. The van der Waals surface area contributed by atoms with E-state index in [0.29, 0.717) is 11.8 Å². The van der Waals surface area contributed by atoms with Crippen LogP contribution in [-0.2, 0) is 6.42 Å². The first-order valence-electron chi connectivity index (χ1n) is 6.36. The molecule has 0 amide bonds. The lowest BCUT2D eigenvalue weighted by atomic mass is 9.87. The van der Waals surface area contributed by atoms with E-state index in [0.717, 1.165) is 13.0 Å². The third kappa shape index (κ3) is 2.56. The maximum Gasteiger partial charge on any atom is 0.115 e. The van der Waals surface area contributed by atoms with Crippen LogP contribution in [0.25, 0.3) is 0 Å². The fourth-order valence-corrected chi connectivity index (χ4v) is 2.45. The van der Waals surface area contributed by atoms with Gasteiger partial charge in [-0.3, -0.25) is 0 Å². The number of unbranched alkanes of at least 4 members (excludes halogenated alkanes) is 1. The standard InChI is InChI=1S/C14H21NO/c1-2-3-9-15-14-6-4-5-11-7-8-12(16)10-13(11)14/h7-8,10,14-16H,2-6,9H2,1H3. The Morgan fingerprint density at radius 3 is 3.12 bits per heavy atom. The zero-order valence-electron chi connectivity index (χ0n) is 10.00. The molecule has 0 saturated carbocycles. The molecule has 88 valence electrons. The number of phenolic OH excluding ortho intramolecular Hbond substituents is 1. The first-order chi connectivity index (χ1) is 7.81. The summed E-state index contributed by atoms with van der Waals surface area (Å²) in [5.41, 5.74) is 2.71. The summed E-state index contributed by atoms with van der Waals surface area (Å²) in [6.07, 6.45) is 6.06. The second-order valence-corrected chi connectivity index (χ2v) is 4.64. The van der Waals surface area contributed by atoms with E-state index < -0.39 is 0 Å². The Kier molecular flexibility index (Phi) is 3.83. The van der Waals surface area contributed by atoms with E-state index in [1.807, 2.05) is 6.07 Å². The minimum atomic E-state index is 0.392. The number of hydrogen-bond donors (Lipinski definition) is 2. The molecule has 0 aromatic heterocycles. The topological polar surface area (TPSA) is 32.3 Å². The zero-order valence-corrected chi connectivity index (χ0v) is 10.00. The minimum absolute atomic E-state index is 0.392. The molecule has 2 nitrogen and oxygen atoms in total. The normalized spacial score (nSPS) is 19.4. The second-order valence-electron chi connectivity index (χ2n) is 4.64. The average Bonchev–Trinajstić information content (AvgIpc) is 2.30. The zero-order chi connectivity index (χ0) is 11.4. The van der Waals surface area contributed by atoms with Crippen LogP contribution < -0.4 is 5.32 Å². The smallest absolute Gasteiger partial charge is 0.115 e. The fourth-order valence-electron chi connectivity index (χ4n) is 2.45. The number of nitrogens with one attached hydrogen (secondary N) is 1. The summed E-state index contributed by atoms with van der Waals surface area (Å²) >= 11 is 0. The summed E-state index contributed by atoms with van der Waals surface area (Å²) in [6.45, 7) is 3.29. The highest BCUT2D eigenvalue weighted by Crippen LogP contribution is 2.31. The van der Waals surface area contributed by atoms with E-state index in [-0.39, 0.29) is 0 Å². The molecule has 2 heteroatoms. The SMILES string of the molecule is CCCCNC1CCCc2ccc(O)cc21. The highest BCUT2D eigenvalue weighted by Gasteiger charge is 2.19. The van der Waals surface area contributed by atoms with E-state index in [1.54, 1.807) is 6.07 Å². The van der Waals surface area contributed by atoms with Crippen molar-refractivity contribution in [3.8, 4) is 5.75 Å². The van der Waals surface area contributed by atoms with Gasteiger partial charge in [0, 0.05) is 6.04 Å². The first-order valence-corrected chi connectivity index (χ1v) is 6.36. The molecule has 16 heavy (non-hydrogen) atoms. The summed E-state index contributed by atoms with van der Waals surface area (Å²) in [5, 5.41) is 13.1. The molecule has 1 aromatic carbocycles. The van der Waals surface area contributed by atoms with Crippen molar-refractivity contribution >= 4 is 0 Å². The third-order valence-electron chi connectivity index (χ3n) is 3.36. The van der Waals surface area contributed by atoms with Crippen molar-refractivity contribution in [3.63, 3.8) is 0 Å². The summed E-state index contributed by atoms with van der Waals surface area (Å²) in [6, 6.07) is 6.24. The molecule has 0 saturated heterocycles. The Morgan fingerprint density at radius 2 is 2.31 bits per heavy atom. The van der Waals surface area contributed by atoms with Gasteiger partial charge in [0.05, 0.1) is 0 Å². The average molecular weight is 219 g/mol. The molecule has 0 aliphatic heterocycles. The molecule has 0 heterocycles. The summed E-state index contributed by atoms with van der Waals surface area (Å²) < 4.78 is 0. The largest absolute Gasteiger partial charge is 0.508 e. The maximum absolute atomic E-state index is 9.55. The van der Waals surface area contributed by atoms with Gasteiger partial charge in [-0.2, -0.15) is 0 Å². The number of hydrogen-bond acceptors (Lipinski definition) is 2. The monoisotopic (exact) mass is 219 g/mol. The molecule has 0 fully saturated rings. The minimum Gasteiger partial charge on any atom is -0.508 e. The van der Waals surface area contributed by atoms with Gasteiger partial charge in [0.1, 0.15) is 5.75 Å². The lowest BCUT2D eigenvalue weighted by molar-refractivity contribution is 0.443. The predicted molar refractivity (Wildman–Crippen MR) is 66.7 cm³/mol. The molecule has 0 bridgehead atoms. The van der Waals surface area contributed by atoms with Crippen molar-refractivity contribution < 1.29 is 5.11 Å². The summed E-state index contributed by atoms with van der Waals surface area (Å²) in [4.78, 5) is 0. The van der Waals surface area contributed by atoms with Gasteiger partial charge in [0.15, 0.2) is 0 Å². The van der Waals surface area contributed by atoms with E-state index in [1.165, 1.54) is 36.8 Å². The van der Waals surface area contributed by atoms with Crippen molar-refractivity contribution in [2.45, 2.75) is 45.1 Å². The van der Waals surface area contributed by atoms with Crippen LogP contribution in [0.2, 0.25) is 0 Å². The van der Waals surface area contributed by atoms with Gasteiger partial charge < -0.3 is 10.4 Å². The first kappa shape index (κ1) is 11.5. The molecule has 2 N–H and O–H groups in total. The van der Waals surface area contributed by atoms with Crippen LogP contribution in [-0.4, -0.2) is 11.7 Å². The summed E-state index contributed by atoms with van der Waals surface area (Å²) in [7, 11) is 0. The Morgan fingerprint density at radius 1 is 1.44 bits per heavy atom. The number of benzene rings is 1. The summed E-state index contributed by atoms with van der Waals surface area (Å²) in [5.74, 6) is 0.392. The number of phenols is 1. The van der Waals surface area contributed by atoms with Crippen molar-refractivity contribution in [1.82, 2.24) is 5.32 Å². The van der Waals surface area contributed by atoms with Crippen LogP contribution in [0.4, 0.5) is 0 Å². The van der Waals surface area contributed by atoms with Crippen LogP contribution in [0, 0.1) is 0 Å². The molecule has 1 aliphatic rings.